The second-order valence-corrected chi connectivity index (χ2v) is 6.93. The lowest BCUT2D eigenvalue weighted by atomic mass is 10.4. The SMILES string of the molecule is O=C[C@@H](CS)NSCCS(=O)(=O)c1ccccc1. The van der Waals surface area contributed by atoms with Crippen molar-refractivity contribution in [2.75, 3.05) is 17.3 Å². The first-order valence-corrected chi connectivity index (χ1v) is 8.58. The molecule has 0 radical (unpaired) electrons. The summed E-state index contributed by atoms with van der Waals surface area (Å²) in [7, 11) is -3.24. The smallest absolute Gasteiger partial charge is 0.179 e. The van der Waals surface area contributed by atoms with E-state index >= 15 is 0 Å². The third-order valence-corrected chi connectivity index (χ3v) is 5.41. The Kier molecular flexibility index (Phi) is 6.77. The molecule has 4 nitrogen and oxygen atoms in total. The van der Waals surface area contributed by atoms with Gasteiger partial charge in [-0.2, -0.15) is 12.6 Å². The Balaban J connectivity index is 2.42. The van der Waals surface area contributed by atoms with Crippen molar-refractivity contribution in [1.82, 2.24) is 4.72 Å². The molecule has 0 unspecified atom stereocenters. The van der Waals surface area contributed by atoms with Gasteiger partial charge in [0.15, 0.2) is 9.84 Å². The van der Waals surface area contributed by atoms with Crippen LogP contribution < -0.4 is 4.72 Å². The van der Waals surface area contributed by atoms with Gasteiger partial charge in [0.05, 0.1) is 16.7 Å². The molecule has 1 N–H and O–H groups in total. The maximum absolute atomic E-state index is 11.9. The summed E-state index contributed by atoms with van der Waals surface area (Å²) < 4.78 is 26.6. The van der Waals surface area contributed by atoms with Crippen molar-refractivity contribution in [3.63, 3.8) is 0 Å². The van der Waals surface area contributed by atoms with Gasteiger partial charge in [-0.05, 0) is 12.1 Å². The van der Waals surface area contributed by atoms with Crippen LogP contribution >= 0.6 is 24.6 Å². The number of hydrogen-bond donors (Lipinski definition) is 2. The molecule has 1 rings (SSSR count). The summed E-state index contributed by atoms with van der Waals surface area (Å²) >= 11 is 5.21. The topological polar surface area (TPSA) is 63.2 Å². The predicted octanol–water partition coefficient (Wildman–Crippen LogP) is 1.20. The minimum Gasteiger partial charge on any atom is -0.302 e. The Morgan fingerprint density at radius 3 is 2.56 bits per heavy atom. The van der Waals surface area contributed by atoms with Crippen LogP contribution in [0.15, 0.2) is 35.2 Å². The van der Waals surface area contributed by atoms with Gasteiger partial charge in [0.2, 0.25) is 0 Å². The van der Waals surface area contributed by atoms with Crippen molar-refractivity contribution in [1.29, 1.82) is 0 Å². The number of sulfone groups is 1. The summed E-state index contributed by atoms with van der Waals surface area (Å²) in [6.45, 7) is 0. The second kappa shape index (κ2) is 7.83. The van der Waals surface area contributed by atoms with Crippen molar-refractivity contribution in [3.05, 3.63) is 30.3 Å². The Hall–Kier alpha value is -0.500. The third-order valence-electron chi connectivity index (χ3n) is 2.15. The van der Waals surface area contributed by atoms with Crippen LogP contribution in [0.5, 0.6) is 0 Å². The normalized spacial score (nSPS) is 13.2. The predicted molar refractivity (Wildman–Crippen MR) is 77.8 cm³/mol. The maximum Gasteiger partial charge on any atom is 0.179 e. The minimum absolute atomic E-state index is 0.0346. The number of aldehydes is 1. The van der Waals surface area contributed by atoms with Gasteiger partial charge in [-0.25, -0.2) is 8.42 Å². The van der Waals surface area contributed by atoms with E-state index in [-0.39, 0.29) is 11.8 Å². The van der Waals surface area contributed by atoms with Crippen LogP contribution in [0.2, 0.25) is 0 Å². The first-order chi connectivity index (χ1) is 8.60. The maximum atomic E-state index is 11.9. The van der Waals surface area contributed by atoms with Crippen LogP contribution in [0.3, 0.4) is 0 Å². The zero-order valence-electron chi connectivity index (χ0n) is 9.65. The van der Waals surface area contributed by atoms with Gasteiger partial charge >= 0.3 is 0 Å². The monoisotopic (exact) mass is 305 g/mol. The first-order valence-electron chi connectivity index (χ1n) is 5.31. The standard InChI is InChI=1S/C11H15NO3S3/c13-8-10(9-16)12-17-6-7-18(14,15)11-4-2-1-3-5-11/h1-5,8,10,12,16H,6-7,9H2/t10-/m0/s1. The molecule has 0 aliphatic heterocycles. The van der Waals surface area contributed by atoms with Gasteiger partial charge < -0.3 is 4.79 Å². The molecular weight excluding hydrogens is 290 g/mol. The fourth-order valence-electron chi connectivity index (χ4n) is 1.17. The Morgan fingerprint density at radius 1 is 1.33 bits per heavy atom. The zero-order valence-corrected chi connectivity index (χ0v) is 12.2. The molecule has 0 saturated heterocycles. The van der Waals surface area contributed by atoms with Crippen LogP contribution in [0.1, 0.15) is 0 Å². The van der Waals surface area contributed by atoms with Crippen molar-refractivity contribution < 1.29 is 13.2 Å². The number of hydrogen-bond acceptors (Lipinski definition) is 6. The van der Waals surface area contributed by atoms with Crippen molar-refractivity contribution in [3.8, 4) is 0 Å². The van der Waals surface area contributed by atoms with E-state index in [4.69, 9.17) is 0 Å². The average molecular weight is 305 g/mol. The highest BCUT2D eigenvalue weighted by Crippen LogP contribution is 2.11. The van der Waals surface area contributed by atoms with E-state index in [0.29, 0.717) is 16.4 Å². The number of thiol groups is 1. The van der Waals surface area contributed by atoms with E-state index in [0.717, 1.165) is 6.29 Å². The largest absolute Gasteiger partial charge is 0.302 e. The molecule has 0 aliphatic carbocycles. The van der Waals surface area contributed by atoms with E-state index in [1.165, 1.54) is 11.9 Å². The summed E-state index contributed by atoms with van der Waals surface area (Å²) in [5.41, 5.74) is 0. The van der Waals surface area contributed by atoms with Crippen molar-refractivity contribution in [2.45, 2.75) is 10.9 Å². The molecule has 0 spiro atoms. The van der Waals surface area contributed by atoms with Gasteiger partial charge in [-0.15, -0.1) is 0 Å². The number of nitrogens with one attached hydrogen (secondary N) is 1. The highest BCUT2D eigenvalue weighted by molar-refractivity contribution is 7.99. The molecule has 18 heavy (non-hydrogen) atoms. The lowest BCUT2D eigenvalue weighted by molar-refractivity contribution is -0.108. The molecule has 0 aromatic heterocycles. The van der Waals surface area contributed by atoms with Crippen LogP contribution in [0, 0.1) is 0 Å². The summed E-state index contributed by atoms with van der Waals surface area (Å²) in [6.07, 6.45) is 0.756. The van der Waals surface area contributed by atoms with Gasteiger partial charge in [0, 0.05) is 11.5 Å². The van der Waals surface area contributed by atoms with E-state index < -0.39 is 9.84 Å². The molecule has 1 atom stereocenters. The zero-order chi connectivity index (χ0) is 13.4. The summed E-state index contributed by atoms with van der Waals surface area (Å²) in [5.74, 6) is 0.810. The minimum atomic E-state index is -3.24. The number of carbonyl (C=O) groups excluding carboxylic acids is 1. The number of benzene rings is 1. The van der Waals surface area contributed by atoms with Crippen molar-refractivity contribution in [2.24, 2.45) is 0 Å². The fraction of sp³-hybridized carbons (Fsp3) is 0.364. The van der Waals surface area contributed by atoms with Gasteiger partial charge in [-0.1, -0.05) is 30.1 Å². The second-order valence-electron chi connectivity index (χ2n) is 3.52. The third kappa shape index (κ3) is 5.01. The molecule has 0 heterocycles. The summed E-state index contributed by atoms with van der Waals surface area (Å²) in [5, 5.41) is 0. The Labute approximate surface area is 117 Å². The van der Waals surface area contributed by atoms with E-state index in [1.54, 1.807) is 30.3 Å². The number of rotatable bonds is 8. The van der Waals surface area contributed by atoms with Crippen LogP contribution in [0.25, 0.3) is 0 Å². The Morgan fingerprint density at radius 2 is 2.00 bits per heavy atom. The fourth-order valence-corrected chi connectivity index (χ4v) is 3.96. The Bertz CT molecular complexity index is 462. The average Bonchev–Trinajstić information content (AvgIpc) is 2.40. The molecule has 0 fully saturated rings. The van der Waals surface area contributed by atoms with E-state index in [9.17, 15) is 13.2 Å². The molecule has 0 aliphatic rings. The van der Waals surface area contributed by atoms with Crippen LogP contribution in [-0.2, 0) is 14.6 Å². The van der Waals surface area contributed by atoms with Gasteiger partial charge in [0.25, 0.3) is 0 Å². The molecule has 0 bridgehead atoms. The quantitative estimate of drug-likeness (QED) is 0.327. The molecule has 7 heteroatoms. The summed E-state index contributed by atoms with van der Waals surface area (Å²) in [6, 6.07) is 7.97. The van der Waals surface area contributed by atoms with Crippen molar-refractivity contribution >= 4 is 40.7 Å². The molecule has 1 aromatic carbocycles. The van der Waals surface area contributed by atoms with E-state index in [1.807, 2.05) is 0 Å². The van der Waals surface area contributed by atoms with Gasteiger partial charge in [0.1, 0.15) is 6.29 Å². The lowest BCUT2D eigenvalue weighted by Gasteiger charge is -2.08. The molecule has 100 valence electrons. The van der Waals surface area contributed by atoms with E-state index in [2.05, 4.69) is 17.4 Å². The van der Waals surface area contributed by atoms with Crippen LogP contribution in [-0.4, -0.2) is 38.0 Å². The molecule has 1 aromatic rings. The van der Waals surface area contributed by atoms with Gasteiger partial charge in [-0.3, -0.25) is 4.72 Å². The number of carbonyl (C=O) groups is 1. The summed E-state index contributed by atoms with van der Waals surface area (Å²) in [4.78, 5) is 10.8. The van der Waals surface area contributed by atoms with Crippen LogP contribution in [0.4, 0.5) is 0 Å². The highest BCUT2D eigenvalue weighted by Gasteiger charge is 2.13. The molecular formula is C11H15NO3S3. The lowest BCUT2D eigenvalue weighted by Crippen LogP contribution is -2.27. The first kappa shape index (κ1) is 15.6. The molecule has 0 saturated carbocycles. The highest BCUT2D eigenvalue weighted by atomic mass is 32.2. The molecule has 0 amide bonds.